The van der Waals surface area contributed by atoms with Gasteiger partial charge in [0, 0.05) is 12.2 Å². The molecule has 2 aromatic carbocycles. The number of hydrogen-bond acceptors (Lipinski definition) is 6. The van der Waals surface area contributed by atoms with E-state index in [1.54, 1.807) is 24.3 Å². The third kappa shape index (κ3) is 8.23. The zero-order valence-corrected chi connectivity index (χ0v) is 18.6. The lowest BCUT2D eigenvalue weighted by molar-refractivity contribution is -0.123. The van der Waals surface area contributed by atoms with Gasteiger partial charge in [0.15, 0.2) is 11.7 Å². The van der Waals surface area contributed by atoms with Crippen LogP contribution in [0.15, 0.2) is 42.5 Å². The van der Waals surface area contributed by atoms with Gasteiger partial charge in [0.05, 0.1) is 6.61 Å². The van der Waals surface area contributed by atoms with Crippen LogP contribution in [0.4, 0.5) is 0 Å². The van der Waals surface area contributed by atoms with Crippen molar-refractivity contribution in [2.45, 2.75) is 20.8 Å². The van der Waals surface area contributed by atoms with Crippen LogP contribution in [0.5, 0.6) is 11.5 Å². The highest BCUT2D eigenvalue weighted by atomic mass is 32.1. The van der Waals surface area contributed by atoms with Gasteiger partial charge in [-0.2, -0.15) is 0 Å². The number of carbonyl (C=O) groups is 2. The highest BCUT2D eigenvalue weighted by molar-refractivity contribution is 7.80. The van der Waals surface area contributed by atoms with Crippen LogP contribution in [0.2, 0.25) is 0 Å². The number of aryl methyl sites for hydroxylation is 2. The molecular formula is C22H27N3O5S. The van der Waals surface area contributed by atoms with E-state index in [9.17, 15) is 9.59 Å². The van der Waals surface area contributed by atoms with Gasteiger partial charge >= 0.3 is 0 Å². The number of amides is 2. The van der Waals surface area contributed by atoms with Gasteiger partial charge in [0.2, 0.25) is 0 Å². The first-order valence-electron chi connectivity index (χ1n) is 9.80. The fourth-order valence-corrected chi connectivity index (χ4v) is 2.74. The molecule has 2 aromatic rings. The van der Waals surface area contributed by atoms with E-state index in [0.717, 1.165) is 11.1 Å². The van der Waals surface area contributed by atoms with Crippen LogP contribution in [0.3, 0.4) is 0 Å². The SMILES string of the molecule is CCOCCOc1ccc(C(=O)NC(=S)NNC(=O)COc2c(C)cccc2C)cc1. The molecular weight excluding hydrogens is 418 g/mol. The molecule has 166 valence electrons. The summed E-state index contributed by atoms with van der Waals surface area (Å²) >= 11 is 5.04. The minimum Gasteiger partial charge on any atom is -0.491 e. The highest BCUT2D eigenvalue weighted by Crippen LogP contribution is 2.21. The Morgan fingerprint density at radius 3 is 2.26 bits per heavy atom. The maximum Gasteiger partial charge on any atom is 0.276 e. The molecule has 0 heterocycles. The predicted octanol–water partition coefficient (Wildman–Crippen LogP) is 2.43. The molecule has 2 amide bonds. The molecule has 0 bridgehead atoms. The van der Waals surface area contributed by atoms with Gasteiger partial charge in [0.25, 0.3) is 11.8 Å². The summed E-state index contributed by atoms with van der Waals surface area (Å²) < 4.78 is 16.3. The molecule has 0 saturated carbocycles. The first kappa shape index (κ1) is 24.1. The van der Waals surface area contributed by atoms with Crippen molar-refractivity contribution in [2.24, 2.45) is 0 Å². The van der Waals surface area contributed by atoms with E-state index >= 15 is 0 Å². The van der Waals surface area contributed by atoms with Gasteiger partial charge in [0.1, 0.15) is 18.1 Å². The summed E-state index contributed by atoms with van der Waals surface area (Å²) in [5.74, 6) is 0.444. The average molecular weight is 446 g/mol. The van der Waals surface area contributed by atoms with Crippen LogP contribution in [0, 0.1) is 13.8 Å². The number of para-hydroxylation sites is 1. The molecule has 0 atom stereocenters. The highest BCUT2D eigenvalue weighted by Gasteiger charge is 2.10. The van der Waals surface area contributed by atoms with Gasteiger partial charge in [-0.05, 0) is 68.4 Å². The second-order valence-electron chi connectivity index (χ2n) is 6.54. The fraction of sp³-hybridized carbons (Fsp3) is 0.318. The standard InChI is InChI=1S/C22H27N3O5S/c1-4-28-12-13-29-18-10-8-17(9-11-18)21(27)23-22(31)25-24-19(26)14-30-20-15(2)6-5-7-16(20)3/h5-11H,4,12-14H2,1-3H3,(H,24,26)(H2,23,25,27,31). The molecule has 0 spiro atoms. The fourth-order valence-electron chi connectivity index (χ4n) is 2.60. The number of ether oxygens (including phenoxy) is 3. The van der Waals surface area contributed by atoms with Gasteiger partial charge < -0.3 is 14.2 Å². The molecule has 3 N–H and O–H groups in total. The monoisotopic (exact) mass is 445 g/mol. The molecule has 9 heteroatoms. The minimum absolute atomic E-state index is 0.0394. The largest absolute Gasteiger partial charge is 0.491 e. The topological polar surface area (TPSA) is 97.9 Å². The second-order valence-corrected chi connectivity index (χ2v) is 6.94. The summed E-state index contributed by atoms with van der Waals surface area (Å²) in [6, 6.07) is 12.3. The van der Waals surface area contributed by atoms with E-state index in [-0.39, 0.29) is 11.7 Å². The predicted molar refractivity (Wildman–Crippen MR) is 121 cm³/mol. The number of nitrogens with one attached hydrogen (secondary N) is 3. The number of thiocarbonyl (C=S) groups is 1. The summed E-state index contributed by atoms with van der Waals surface area (Å²) in [5.41, 5.74) is 7.14. The quantitative estimate of drug-likeness (QED) is 0.310. The molecule has 0 aliphatic rings. The van der Waals surface area contributed by atoms with Crippen LogP contribution in [0.1, 0.15) is 28.4 Å². The molecule has 0 unspecified atom stereocenters. The van der Waals surface area contributed by atoms with Gasteiger partial charge in [-0.15, -0.1) is 0 Å². The Balaban J connectivity index is 1.72. The van der Waals surface area contributed by atoms with Crippen molar-refractivity contribution in [3.8, 4) is 11.5 Å². The van der Waals surface area contributed by atoms with Crippen molar-refractivity contribution in [1.29, 1.82) is 0 Å². The van der Waals surface area contributed by atoms with Crippen molar-refractivity contribution in [3.63, 3.8) is 0 Å². The van der Waals surface area contributed by atoms with Crippen molar-refractivity contribution in [3.05, 3.63) is 59.2 Å². The first-order valence-corrected chi connectivity index (χ1v) is 10.2. The Morgan fingerprint density at radius 2 is 1.61 bits per heavy atom. The number of rotatable bonds is 9. The third-order valence-electron chi connectivity index (χ3n) is 4.12. The number of benzene rings is 2. The zero-order valence-electron chi connectivity index (χ0n) is 17.8. The van der Waals surface area contributed by atoms with Crippen molar-refractivity contribution >= 4 is 29.1 Å². The summed E-state index contributed by atoms with van der Waals surface area (Å²) in [4.78, 5) is 24.2. The molecule has 0 aliphatic carbocycles. The maximum atomic E-state index is 12.3. The van der Waals surface area contributed by atoms with Crippen LogP contribution < -0.4 is 25.6 Å². The zero-order chi connectivity index (χ0) is 22.6. The lowest BCUT2D eigenvalue weighted by Crippen LogP contribution is -2.49. The number of carbonyl (C=O) groups excluding carboxylic acids is 2. The Labute approximate surface area is 187 Å². The smallest absolute Gasteiger partial charge is 0.276 e. The normalized spacial score (nSPS) is 10.2. The molecule has 31 heavy (non-hydrogen) atoms. The molecule has 0 saturated heterocycles. The maximum absolute atomic E-state index is 12.3. The van der Waals surface area contributed by atoms with Crippen molar-refractivity contribution in [2.75, 3.05) is 26.4 Å². The van der Waals surface area contributed by atoms with E-state index in [0.29, 0.717) is 36.9 Å². The molecule has 0 fully saturated rings. The van der Waals surface area contributed by atoms with Crippen LogP contribution >= 0.6 is 12.2 Å². The van der Waals surface area contributed by atoms with Crippen molar-refractivity contribution < 1.29 is 23.8 Å². The second kappa shape index (κ2) is 12.5. The third-order valence-corrected chi connectivity index (χ3v) is 4.32. The van der Waals surface area contributed by atoms with Crippen LogP contribution in [0.25, 0.3) is 0 Å². The lowest BCUT2D eigenvalue weighted by Gasteiger charge is -2.13. The van der Waals surface area contributed by atoms with E-state index in [2.05, 4.69) is 16.2 Å². The Morgan fingerprint density at radius 1 is 0.935 bits per heavy atom. The Bertz CT molecular complexity index is 882. The van der Waals surface area contributed by atoms with E-state index < -0.39 is 11.8 Å². The molecule has 8 nitrogen and oxygen atoms in total. The minimum atomic E-state index is -0.437. The van der Waals surface area contributed by atoms with E-state index in [1.807, 2.05) is 39.0 Å². The summed E-state index contributed by atoms with van der Waals surface area (Å²) in [5, 5.41) is 2.45. The van der Waals surface area contributed by atoms with E-state index in [4.69, 9.17) is 26.4 Å². The van der Waals surface area contributed by atoms with Gasteiger partial charge in [-0.25, -0.2) is 0 Å². The van der Waals surface area contributed by atoms with Crippen LogP contribution in [-0.2, 0) is 9.53 Å². The Kier molecular flexibility index (Phi) is 9.73. The van der Waals surface area contributed by atoms with Gasteiger partial charge in [-0.3, -0.25) is 25.8 Å². The average Bonchev–Trinajstić information content (AvgIpc) is 2.75. The Hall–Kier alpha value is -3.17. The molecule has 0 radical (unpaired) electrons. The van der Waals surface area contributed by atoms with Crippen molar-refractivity contribution in [1.82, 2.24) is 16.2 Å². The van der Waals surface area contributed by atoms with Gasteiger partial charge in [-0.1, -0.05) is 18.2 Å². The lowest BCUT2D eigenvalue weighted by atomic mass is 10.1. The van der Waals surface area contributed by atoms with E-state index in [1.165, 1.54) is 0 Å². The molecule has 0 aromatic heterocycles. The summed E-state index contributed by atoms with van der Waals surface area (Å²) in [6.07, 6.45) is 0. The number of hydrazine groups is 1. The number of hydrogen-bond donors (Lipinski definition) is 3. The summed E-state index contributed by atoms with van der Waals surface area (Å²) in [7, 11) is 0. The molecule has 2 rings (SSSR count). The van der Waals surface area contributed by atoms with Crippen LogP contribution in [-0.4, -0.2) is 43.4 Å². The molecule has 0 aliphatic heterocycles. The first-order chi connectivity index (χ1) is 14.9. The summed E-state index contributed by atoms with van der Waals surface area (Å²) in [6.45, 7) is 7.10.